The van der Waals surface area contributed by atoms with Crippen molar-refractivity contribution in [1.29, 1.82) is 0 Å². The quantitative estimate of drug-likeness (QED) is 0.173. The fourth-order valence-electron chi connectivity index (χ4n) is 7.48. The maximum absolute atomic E-state index is 6.69. The lowest BCUT2D eigenvalue weighted by atomic mass is 9.75. The number of ether oxygens (including phenoxy) is 1. The highest BCUT2D eigenvalue weighted by atomic mass is 16.5. The predicted octanol–water partition coefficient (Wildman–Crippen LogP) is 10.5. The molecule has 5 heteroatoms. The maximum Gasteiger partial charge on any atom is 0.137 e. The lowest BCUT2D eigenvalue weighted by molar-refractivity contribution is 0.447. The number of aryl methyl sites for hydroxylation is 3. The van der Waals surface area contributed by atoms with Crippen molar-refractivity contribution in [2.45, 2.75) is 73.1 Å². The minimum atomic E-state index is 0.420. The van der Waals surface area contributed by atoms with E-state index >= 15 is 0 Å². The Labute approximate surface area is 266 Å². The lowest BCUT2D eigenvalue weighted by Gasteiger charge is -2.29. The van der Waals surface area contributed by atoms with Crippen LogP contribution >= 0.6 is 0 Å². The average molecular weight is 595 g/mol. The number of allylic oxidation sites excluding steroid dienone is 2. The fourth-order valence-corrected chi connectivity index (χ4v) is 7.48. The van der Waals surface area contributed by atoms with Crippen LogP contribution in [-0.2, 0) is 6.42 Å². The van der Waals surface area contributed by atoms with E-state index < -0.39 is 0 Å². The molecule has 45 heavy (non-hydrogen) atoms. The van der Waals surface area contributed by atoms with E-state index in [1.165, 1.54) is 51.6 Å². The zero-order chi connectivity index (χ0) is 31.2. The van der Waals surface area contributed by atoms with E-state index in [0.717, 1.165) is 52.6 Å². The van der Waals surface area contributed by atoms with Gasteiger partial charge in [0.1, 0.15) is 17.3 Å². The highest BCUT2D eigenvalue weighted by molar-refractivity contribution is 6.09. The van der Waals surface area contributed by atoms with Gasteiger partial charge in [0.25, 0.3) is 0 Å². The van der Waals surface area contributed by atoms with Crippen molar-refractivity contribution in [2.75, 3.05) is 0 Å². The molecule has 228 valence electrons. The van der Waals surface area contributed by atoms with Gasteiger partial charge in [0.05, 0.1) is 22.4 Å². The van der Waals surface area contributed by atoms with Gasteiger partial charge in [-0.1, -0.05) is 50.1 Å². The van der Waals surface area contributed by atoms with Crippen molar-refractivity contribution >= 4 is 21.8 Å². The summed E-state index contributed by atoms with van der Waals surface area (Å²) in [4.78, 5) is 4.74. The molecule has 0 bridgehead atoms. The summed E-state index contributed by atoms with van der Waals surface area (Å²) >= 11 is 0. The summed E-state index contributed by atoms with van der Waals surface area (Å²) in [5.74, 6) is 3.55. The van der Waals surface area contributed by atoms with Crippen molar-refractivity contribution in [3.05, 3.63) is 119 Å². The van der Waals surface area contributed by atoms with Crippen LogP contribution in [0.4, 0.5) is 0 Å². The second-order valence-electron chi connectivity index (χ2n) is 12.9. The Morgan fingerprint density at radius 2 is 1.69 bits per heavy atom. The second-order valence-corrected chi connectivity index (χ2v) is 12.9. The van der Waals surface area contributed by atoms with Gasteiger partial charge < -0.3 is 4.74 Å². The number of benzene rings is 3. The zero-order valence-corrected chi connectivity index (χ0v) is 27.3. The third-order valence-corrected chi connectivity index (χ3v) is 9.55. The summed E-state index contributed by atoms with van der Waals surface area (Å²) < 4.78 is 11.1. The molecule has 5 nitrogen and oxygen atoms in total. The Morgan fingerprint density at radius 1 is 0.867 bits per heavy atom. The van der Waals surface area contributed by atoms with Crippen LogP contribution in [-0.4, -0.2) is 19.3 Å². The smallest absolute Gasteiger partial charge is 0.137 e. The summed E-state index contributed by atoms with van der Waals surface area (Å²) in [6.07, 6.45) is 8.72. The first kappa shape index (κ1) is 29.1. The van der Waals surface area contributed by atoms with Gasteiger partial charge in [-0.2, -0.15) is 5.10 Å². The van der Waals surface area contributed by atoms with Gasteiger partial charge >= 0.3 is 0 Å². The van der Waals surface area contributed by atoms with E-state index in [1.54, 1.807) is 0 Å². The van der Waals surface area contributed by atoms with Gasteiger partial charge in [-0.25, -0.2) is 9.67 Å². The number of hydrogen-bond donors (Lipinski definition) is 0. The largest absolute Gasteiger partial charge is 0.457 e. The van der Waals surface area contributed by atoms with E-state index in [9.17, 15) is 0 Å². The average Bonchev–Trinajstić information content (AvgIpc) is 3.50. The first-order valence-electron chi connectivity index (χ1n) is 16.3. The molecule has 7 rings (SSSR count). The molecule has 0 saturated carbocycles. The first-order chi connectivity index (χ1) is 21.8. The zero-order valence-electron chi connectivity index (χ0n) is 27.3. The van der Waals surface area contributed by atoms with Gasteiger partial charge in [-0.3, -0.25) is 4.57 Å². The Morgan fingerprint density at radius 3 is 2.49 bits per heavy atom. The molecule has 0 fully saturated rings. The van der Waals surface area contributed by atoms with Crippen LogP contribution in [0.5, 0.6) is 11.5 Å². The van der Waals surface area contributed by atoms with Gasteiger partial charge in [0.15, 0.2) is 0 Å². The Balaban J connectivity index is 1.31. The van der Waals surface area contributed by atoms with Crippen molar-refractivity contribution in [2.24, 2.45) is 5.92 Å². The molecule has 0 radical (unpaired) electrons. The molecule has 0 spiro atoms. The summed E-state index contributed by atoms with van der Waals surface area (Å²) in [6, 6.07) is 25.7. The molecule has 3 aromatic carbocycles. The number of hydrogen-bond acceptors (Lipinski definition) is 3. The molecule has 0 N–H and O–H groups in total. The molecule has 3 heterocycles. The first-order valence-corrected chi connectivity index (χ1v) is 16.3. The molecule has 0 saturated heterocycles. The number of pyridine rings is 1. The number of aromatic nitrogens is 4. The third kappa shape index (κ3) is 5.24. The second kappa shape index (κ2) is 11.7. The van der Waals surface area contributed by atoms with E-state index in [4.69, 9.17) is 14.8 Å². The Kier molecular flexibility index (Phi) is 7.56. The highest BCUT2D eigenvalue weighted by Gasteiger charge is 2.29. The number of fused-ring (bicyclic) bond motifs is 3. The van der Waals surface area contributed by atoms with Crippen molar-refractivity contribution in [3.63, 3.8) is 0 Å². The van der Waals surface area contributed by atoms with E-state index in [0.29, 0.717) is 11.8 Å². The predicted molar refractivity (Wildman–Crippen MR) is 185 cm³/mol. The van der Waals surface area contributed by atoms with E-state index in [1.807, 2.05) is 12.3 Å². The van der Waals surface area contributed by atoms with Crippen molar-refractivity contribution < 1.29 is 4.74 Å². The normalized spacial score (nSPS) is 16.8. The molecule has 1 aliphatic carbocycles. The minimum absolute atomic E-state index is 0.420. The molecule has 3 aromatic heterocycles. The molecular weight excluding hydrogens is 552 g/mol. The molecule has 0 aliphatic heterocycles. The van der Waals surface area contributed by atoms with Gasteiger partial charge in [0, 0.05) is 46.3 Å². The maximum atomic E-state index is 6.69. The summed E-state index contributed by atoms with van der Waals surface area (Å²) in [6.45, 7) is 13.4. The van der Waals surface area contributed by atoms with Crippen LogP contribution in [0.2, 0.25) is 0 Å². The Hall–Kier alpha value is -4.64. The van der Waals surface area contributed by atoms with Crippen LogP contribution in [0.1, 0.15) is 74.0 Å². The summed E-state index contributed by atoms with van der Waals surface area (Å²) in [7, 11) is 0. The van der Waals surface area contributed by atoms with Crippen LogP contribution in [0.25, 0.3) is 33.3 Å². The van der Waals surface area contributed by atoms with Crippen molar-refractivity contribution in [1.82, 2.24) is 19.3 Å². The molecule has 2 atom stereocenters. The summed E-state index contributed by atoms with van der Waals surface area (Å²) in [5.41, 5.74) is 10.9. The lowest BCUT2D eigenvalue weighted by Crippen LogP contribution is -2.16. The summed E-state index contributed by atoms with van der Waals surface area (Å²) in [5, 5.41) is 7.49. The van der Waals surface area contributed by atoms with Gasteiger partial charge in [-0.15, -0.1) is 0 Å². The van der Waals surface area contributed by atoms with E-state index in [-0.39, 0.29) is 0 Å². The van der Waals surface area contributed by atoms with Crippen LogP contribution < -0.4 is 4.74 Å². The van der Waals surface area contributed by atoms with Crippen molar-refractivity contribution in [3.8, 4) is 23.0 Å². The molecule has 6 aromatic rings. The fraction of sp³-hybridized carbons (Fsp3) is 0.300. The van der Waals surface area contributed by atoms with Crippen LogP contribution in [0.15, 0.2) is 90.6 Å². The SMILES string of the molecule is CCCc1cc(Oc2ccc3c4ccccc4n(-c4cc(C)ccn4)c3c2)cc(-n2nc(C)c(C3C(C)=CCC[C@@H]3C)c2C)c1. The standard InChI is InChI=1S/C40H42N4O/c1-7-11-30-21-31(44-29(6)40(28(5)42-44)39-26(3)12-10-13-27(39)4)23-33(22-30)45-32-16-17-35-34-14-8-9-15-36(34)43(37(35)24-32)38-20-25(2)18-19-41-38/h8-9,12,14-24,27,39H,7,10-11,13H2,1-6H3/t27-,39?/m0/s1. The highest BCUT2D eigenvalue weighted by Crippen LogP contribution is 2.42. The number of rotatable bonds is 7. The van der Waals surface area contributed by atoms with Crippen LogP contribution in [0.3, 0.4) is 0 Å². The topological polar surface area (TPSA) is 44.9 Å². The molecule has 0 amide bonds. The number of nitrogens with zero attached hydrogens (tertiary/aromatic N) is 4. The van der Waals surface area contributed by atoms with Gasteiger partial charge in [0.2, 0.25) is 0 Å². The third-order valence-electron chi connectivity index (χ3n) is 9.55. The molecule has 1 unspecified atom stereocenters. The Bertz CT molecular complexity index is 2080. The van der Waals surface area contributed by atoms with Gasteiger partial charge in [-0.05, 0) is 106 Å². The van der Waals surface area contributed by atoms with Crippen LogP contribution in [0, 0.1) is 26.7 Å². The monoisotopic (exact) mass is 594 g/mol. The minimum Gasteiger partial charge on any atom is -0.457 e. The molecular formula is C40H42N4O. The van der Waals surface area contributed by atoms with E-state index in [2.05, 4.69) is 124 Å². The number of para-hydroxylation sites is 1. The molecule has 1 aliphatic rings.